The molecule has 1 aromatic rings. The van der Waals surface area contributed by atoms with E-state index < -0.39 is 0 Å². The highest BCUT2D eigenvalue weighted by Gasteiger charge is 2.51. The van der Waals surface area contributed by atoms with Crippen molar-refractivity contribution in [2.75, 3.05) is 0 Å². The molecule has 2 rings (SSSR count). The van der Waals surface area contributed by atoms with Crippen molar-refractivity contribution in [3.05, 3.63) is 39.4 Å². The Hall–Kier alpha value is -1.42. The van der Waals surface area contributed by atoms with E-state index in [1.807, 2.05) is 12.1 Å². The minimum absolute atomic E-state index is 0.114. The van der Waals surface area contributed by atoms with Gasteiger partial charge in [0.15, 0.2) is 0 Å². The van der Waals surface area contributed by atoms with Crippen molar-refractivity contribution in [2.45, 2.75) is 52.0 Å². The number of nitro benzene ring substituents is 1. The van der Waals surface area contributed by atoms with Crippen LogP contribution in [0.15, 0.2) is 18.2 Å². The molecule has 4 nitrogen and oxygen atoms in total. The molecule has 1 fully saturated rings. The molecular weight excluding hydrogens is 240 g/mol. The van der Waals surface area contributed by atoms with E-state index in [9.17, 15) is 10.1 Å². The summed E-state index contributed by atoms with van der Waals surface area (Å²) in [6.07, 6.45) is 2.98. The average Bonchev–Trinajstić information content (AvgIpc) is 2.38. The summed E-state index contributed by atoms with van der Waals surface area (Å²) in [5.41, 5.74) is 8.33. The largest absolute Gasteiger partial charge is 0.327 e. The van der Waals surface area contributed by atoms with Crippen LogP contribution in [0.5, 0.6) is 0 Å². The highest BCUT2D eigenvalue weighted by molar-refractivity contribution is 5.45. The molecule has 0 aliphatic heterocycles. The zero-order valence-corrected chi connectivity index (χ0v) is 11.8. The van der Waals surface area contributed by atoms with Gasteiger partial charge in [-0.1, -0.05) is 26.0 Å². The Morgan fingerprint density at radius 2 is 2.05 bits per heavy atom. The zero-order chi connectivity index (χ0) is 14.2. The van der Waals surface area contributed by atoms with Crippen LogP contribution in [-0.4, -0.2) is 11.0 Å². The fourth-order valence-electron chi connectivity index (χ4n) is 3.60. The topological polar surface area (TPSA) is 69.2 Å². The smallest absolute Gasteiger partial charge is 0.272 e. The van der Waals surface area contributed by atoms with Crippen molar-refractivity contribution >= 4 is 5.69 Å². The van der Waals surface area contributed by atoms with Crippen molar-refractivity contribution < 1.29 is 4.92 Å². The molecule has 0 bridgehead atoms. The molecule has 0 radical (unpaired) electrons. The van der Waals surface area contributed by atoms with Gasteiger partial charge in [0.1, 0.15) is 0 Å². The SMILES string of the molecule is CCC1(CC)C(N)CC1c1ccc(C)c([N+](=O)[O-])c1. The van der Waals surface area contributed by atoms with Gasteiger partial charge in [0.25, 0.3) is 5.69 Å². The van der Waals surface area contributed by atoms with Crippen molar-refractivity contribution in [3.8, 4) is 0 Å². The molecule has 2 atom stereocenters. The molecule has 104 valence electrons. The number of rotatable bonds is 4. The van der Waals surface area contributed by atoms with Gasteiger partial charge < -0.3 is 5.73 Å². The van der Waals surface area contributed by atoms with Crippen LogP contribution in [0.4, 0.5) is 5.69 Å². The van der Waals surface area contributed by atoms with Crippen molar-refractivity contribution in [1.82, 2.24) is 0 Å². The van der Waals surface area contributed by atoms with Gasteiger partial charge in [-0.2, -0.15) is 0 Å². The molecule has 1 saturated carbocycles. The van der Waals surface area contributed by atoms with Crippen LogP contribution in [0.25, 0.3) is 0 Å². The third-order valence-corrected chi connectivity index (χ3v) is 5.07. The van der Waals surface area contributed by atoms with E-state index in [1.165, 1.54) is 0 Å². The minimum Gasteiger partial charge on any atom is -0.327 e. The lowest BCUT2D eigenvalue weighted by molar-refractivity contribution is -0.385. The van der Waals surface area contributed by atoms with Gasteiger partial charge in [-0.15, -0.1) is 0 Å². The van der Waals surface area contributed by atoms with Gasteiger partial charge in [-0.05, 0) is 43.1 Å². The van der Waals surface area contributed by atoms with Crippen molar-refractivity contribution in [3.63, 3.8) is 0 Å². The maximum absolute atomic E-state index is 11.0. The van der Waals surface area contributed by atoms with E-state index in [4.69, 9.17) is 5.73 Å². The second-order valence-electron chi connectivity index (χ2n) is 5.64. The Morgan fingerprint density at radius 1 is 1.42 bits per heavy atom. The fraction of sp³-hybridized carbons (Fsp3) is 0.600. The molecule has 2 unspecified atom stereocenters. The standard InChI is InChI=1S/C15H22N2O2/c1-4-15(5-2)12(9-14(15)16)11-7-6-10(3)13(8-11)17(18)19/h6-8,12,14H,4-5,9,16H2,1-3H3. The lowest BCUT2D eigenvalue weighted by Crippen LogP contribution is -2.55. The summed E-state index contributed by atoms with van der Waals surface area (Å²) in [7, 11) is 0. The van der Waals surface area contributed by atoms with Gasteiger partial charge in [-0.3, -0.25) is 10.1 Å². The molecule has 0 saturated heterocycles. The van der Waals surface area contributed by atoms with E-state index in [1.54, 1.807) is 13.0 Å². The number of nitrogens with zero attached hydrogens (tertiary/aromatic N) is 1. The summed E-state index contributed by atoms with van der Waals surface area (Å²) >= 11 is 0. The van der Waals surface area contributed by atoms with Gasteiger partial charge in [-0.25, -0.2) is 0 Å². The number of hydrogen-bond donors (Lipinski definition) is 1. The molecule has 1 aliphatic rings. The van der Waals surface area contributed by atoms with Crippen LogP contribution < -0.4 is 5.73 Å². The molecule has 19 heavy (non-hydrogen) atoms. The summed E-state index contributed by atoms with van der Waals surface area (Å²) in [4.78, 5) is 10.8. The number of hydrogen-bond acceptors (Lipinski definition) is 3. The van der Waals surface area contributed by atoms with Gasteiger partial charge in [0.05, 0.1) is 4.92 Å². The number of nitrogens with two attached hydrogens (primary N) is 1. The van der Waals surface area contributed by atoms with Crippen LogP contribution in [0, 0.1) is 22.5 Å². The summed E-state index contributed by atoms with van der Waals surface area (Å²) in [5, 5.41) is 11.0. The fourth-order valence-corrected chi connectivity index (χ4v) is 3.60. The maximum atomic E-state index is 11.0. The van der Waals surface area contributed by atoms with E-state index in [0.717, 1.165) is 30.4 Å². The van der Waals surface area contributed by atoms with E-state index in [-0.39, 0.29) is 22.1 Å². The van der Waals surface area contributed by atoms with E-state index in [2.05, 4.69) is 13.8 Å². The Balaban J connectivity index is 2.38. The third kappa shape index (κ3) is 2.04. The van der Waals surface area contributed by atoms with Crippen LogP contribution in [0.3, 0.4) is 0 Å². The first-order valence-electron chi connectivity index (χ1n) is 6.96. The second kappa shape index (κ2) is 4.93. The highest BCUT2D eigenvalue weighted by Crippen LogP contribution is 2.56. The maximum Gasteiger partial charge on any atom is 0.272 e. The molecule has 0 amide bonds. The molecule has 1 aliphatic carbocycles. The normalized spacial score (nSPS) is 24.8. The molecule has 4 heteroatoms. The van der Waals surface area contributed by atoms with Crippen LogP contribution in [-0.2, 0) is 0 Å². The molecule has 2 N–H and O–H groups in total. The highest BCUT2D eigenvalue weighted by atomic mass is 16.6. The summed E-state index contributed by atoms with van der Waals surface area (Å²) in [5.74, 6) is 0.358. The van der Waals surface area contributed by atoms with E-state index in [0.29, 0.717) is 5.92 Å². The van der Waals surface area contributed by atoms with Gasteiger partial charge >= 0.3 is 0 Å². The quantitative estimate of drug-likeness (QED) is 0.666. The Bertz CT molecular complexity index is 495. The zero-order valence-electron chi connectivity index (χ0n) is 11.8. The Kier molecular flexibility index (Phi) is 3.63. The average molecular weight is 262 g/mol. The molecular formula is C15H22N2O2. The first kappa shape index (κ1) is 14.0. The lowest BCUT2D eigenvalue weighted by Gasteiger charge is -2.55. The molecule has 0 aromatic heterocycles. The second-order valence-corrected chi connectivity index (χ2v) is 5.64. The molecule has 1 aromatic carbocycles. The predicted octanol–water partition coefficient (Wildman–Crippen LogP) is 3.52. The monoisotopic (exact) mass is 262 g/mol. The number of nitro groups is 1. The Labute approximate surface area is 114 Å². The van der Waals surface area contributed by atoms with E-state index >= 15 is 0 Å². The lowest BCUT2D eigenvalue weighted by atomic mass is 9.52. The summed E-state index contributed by atoms with van der Waals surface area (Å²) < 4.78 is 0. The van der Waals surface area contributed by atoms with Gasteiger partial charge in [0.2, 0.25) is 0 Å². The summed E-state index contributed by atoms with van der Waals surface area (Å²) in [6.45, 7) is 6.11. The first-order valence-corrected chi connectivity index (χ1v) is 6.96. The van der Waals surface area contributed by atoms with Crippen molar-refractivity contribution in [2.24, 2.45) is 11.1 Å². The minimum atomic E-state index is -0.295. The van der Waals surface area contributed by atoms with Gasteiger partial charge in [0, 0.05) is 17.7 Å². The Morgan fingerprint density at radius 3 is 2.53 bits per heavy atom. The van der Waals surface area contributed by atoms with Crippen LogP contribution in [0.2, 0.25) is 0 Å². The number of benzene rings is 1. The predicted molar refractivity (Wildman–Crippen MR) is 76.2 cm³/mol. The van der Waals surface area contributed by atoms with Crippen LogP contribution in [0.1, 0.15) is 50.2 Å². The third-order valence-electron chi connectivity index (χ3n) is 5.07. The van der Waals surface area contributed by atoms with Crippen LogP contribution >= 0.6 is 0 Å². The molecule has 0 heterocycles. The first-order chi connectivity index (χ1) is 8.96. The molecule has 0 spiro atoms. The van der Waals surface area contributed by atoms with Crippen molar-refractivity contribution in [1.29, 1.82) is 0 Å². The number of aryl methyl sites for hydroxylation is 1. The summed E-state index contributed by atoms with van der Waals surface area (Å²) in [6, 6.07) is 5.84.